The fourth-order valence-corrected chi connectivity index (χ4v) is 3.56. The van der Waals surface area contributed by atoms with Gasteiger partial charge in [0.2, 0.25) is 0 Å². The Morgan fingerprint density at radius 3 is 2.45 bits per heavy atom. The van der Waals surface area contributed by atoms with Crippen molar-refractivity contribution in [1.29, 1.82) is 0 Å². The topological polar surface area (TPSA) is 72.2 Å². The minimum atomic E-state index is -3.73. The zero-order chi connectivity index (χ0) is 14.9. The molecule has 20 heavy (non-hydrogen) atoms. The van der Waals surface area contributed by atoms with E-state index in [-0.39, 0.29) is 4.90 Å². The zero-order valence-electron chi connectivity index (χ0n) is 11.1. The van der Waals surface area contributed by atoms with E-state index in [1.165, 1.54) is 12.1 Å². The molecule has 2 aromatic rings. The predicted octanol–water partition coefficient (Wildman–Crippen LogP) is 3.34. The van der Waals surface area contributed by atoms with Crippen LogP contribution in [0.5, 0.6) is 0 Å². The first kappa shape index (κ1) is 14.7. The molecule has 0 heterocycles. The molecule has 0 aromatic heterocycles. The zero-order valence-corrected chi connectivity index (χ0v) is 12.7. The van der Waals surface area contributed by atoms with E-state index in [0.29, 0.717) is 22.0 Å². The molecule has 0 bridgehead atoms. The number of sulfonamides is 1. The Morgan fingerprint density at radius 1 is 1.15 bits per heavy atom. The second kappa shape index (κ2) is 5.34. The SMILES string of the molecule is Cc1ccccc1NS(=O)(=O)c1cc(Cl)cc(N)c1C. The van der Waals surface area contributed by atoms with Crippen LogP contribution in [0.25, 0.3) is 0 Å². The van der Waals surface area contributed by atoms with Crippen molar-refractivity contribution in [3.8, 4) is 0 Å². The highest BCUT2D eigenvalue weighted by molar-refractivity contribution is 7.92. The average Bonchev–Trinajstić information content (AvgIpc) is 2.36. The van der Waals surface area contributed by atoms with Gasteiger partial charge < -0.3 is 5.73 Å². The van der Waals surface area contributed by atoms with Crippen molar-refractivity contribution in [3.05, 3.63) is 52.5 Å². The monoisotopic (exact) mass is 310 g/mol. The Hall–Kier alpha value is -1.72. The molecule has 0 saturated heterocycles. The molecule has 0 aliphatic carbocycles. The van der Waals surface area contributed by atoms with E-state index >= 15 is 0 Å². The summed E-state index contributed by atoms with van der Waals surface area (Å²) in [6.07, 6.45) is 0. The number of hydrogen-bond acceptors (Lipinski definition) is 3. The maximum Gasteiger partial charge on any atom is 0.262 e. The minimum absolute atomic E-state index is 0.0887. The van der Waals surface area contributed by atoms with Crippen LogP contribution in [0, 0.1) is 13.8 Å². The fourth-order valence-electron chi connectivity index (χ4n) is 1.84. The molecule has 0 amide bonds. The van der Waals surface area contributed by atoms with Crippen LogP contribution >= 0.6 is 11.6 Å². The largest absolute Gasteiger partial charge is 0.398 e. The molecule has 106 valence electrons. The van der Waals surface area contributed by atoms with Gasteiger partial charge in [-0.3, -0.25) is 4.72 Å². The van der Waals surface area contributed by atoms with Gasteiger partial charge in [0.05, 0.1) is 10.6 Å². The molecule has 0 saturated carbocycles. The molecular formula is C14H15ClN2O2S. The lowest BCUT2D eigenvalue weighted by Gasteiger charge is -2.13. The van der Waals surface area contributed by atoms with Gasteiger partial charge in [-0.25, -0.2) is 8.42 Å². The van der Waals surface area contributed by atoms with E-state index in [1.807, 2.05) is 19.1 Å². The third kappa shape index (κ3) is 2.89. The molecule has 0 fully saturated rings. The Morgan fingerprint density at radius 2 is 1.80 bits per heavy atom. The van der Waals surface area contributed by atoms with Crippen LogP contribution in [0.1, 0.15) is 11.1 Å². The summed E-state index contributed by atoms with van der Waals surface area (Å²) in [5, 5.41) is 0.290. The average molecular weight is 311 g/mol. The van der Waals surface area contributed by atoms with Crippen LogP contribution in [-0.4, -0.2) is 8.42 Å². The van der Waals surface area contributed by atoms with Gasteiger partial charge in [-0.2, -0.15) is 0 Å². The Kier molecular flexibility index (Phi) is 3.92. The first-order valence-electron chi connectivity index (χ1n) is 5.95. The van der Waals surface area contributed by atoms with E-state index in [2.05, 4.69) is 4.72 Å². The third-order valence-electron chi connectivity index (χ3n) is 3.04. The second-order valence-corrected chi connectivity index (χ2v) is 6.63. The van der Waals surface area contributed by atoms with Gasteiger partial charge in [-0.1, -0.05) is 29.8 Å². The molecule has 0 aliphatic rings. The molecule has 0 unspecified atom stereocenters. The second-order valence-electron chi connectivity index (χ2n) is 4.54. The lowest BCUT2D eigenvalue weighted by Crippen LogP contribution is -2.15. The summed E-state index contributed by atoms with van der Waals surface area (Å²) in [6, 6.07) is 10.1. The van der Waals surface area contributed by atoms with Crippen LogP contribution in [0.15, 0.2) is 41.3 Å². The Bertz CT molecular complexity index is 758. The van der Waals surface area contributed by atoms with Crippen molar-refractivity contribution in [3.63, 3.8) is 0 Å². The standard InChI is InChI=1S/C14H15ClN2O2S/c1-9-5-3-4-6-13(9)17-20(18,19)14-8-11(15)7-12(16)10(14)2/h3-8,17H,16H2,1-2H3. The van der Waals surface area contributed by atoms with Crippen molar-refractivity contribution in [2.24, 2.45) is 0 Å². The van der Waals surface area contributed by atoms with Gasteiger partial charge in [0.15, 0.2) is 0 Å². The van der Waals surface area contributed by atoms with E-state index in [4.69, 9.17) is 17.3 Å². The highest BCUT2D eigenvalue weighted by Gasteiger charge is 2.19. The normalized spacial score (nSPS) is 11.3. The quantitative estimate of drug-likeness (QED) is 0.854. The smallest absolute Gasteiger partial charge is 0.262 e. The van der Waals surface area contributed by atoms with Crippen LogP contribution in [0.3, 0.4) is 0 Å². The third-order valence-corrected chi connectivity index (χ3v) is 4.75. The maximum atomic E-state index is 12.5. The van der Waals surface area contributed by atoms with Gasteiger partial charge in [0.25, 0.3) is 10.0 Å². The number of nitrogen functional groups attached to an aromatic ring is 1. The molecule has 0 spiro atoms. The van der Waals surface area contributed by atoms with Gasteiger partial charge >= 0.3 is 0 Å². The summed E-state index contributed by atoms with van der Waals surface area (Å²) >= 11 is 5.89. The summed E-state index contributed by atoms with van der Waals surface area (Å²) in [5.74, 6) is 0. The number of para-hydroxylation sites is 1. The first-order chi connectivity index (χ1) is 9.31. The first-order valence-corrected chi connectivity index (χ1v) is 7.81. The highest BCUT2D eigenvalue weighted by Crippen LogP contribution is 2.28. The molecule has 0 aliphatic heterocycles. The van der Waals surface area contributed by atoms with Gasteiger partial charge in [-0.05, 0) is 43.2 Å². The molecular weight excluding hydrogens is 296 g/mol. The van der Waals surface area contributed by atoms with Crippen LogP contribution < -0.4 is 10.5 Å². The van der Waals surface area contributed by atoms with E-state index in [1.54, 1.807) is 19.1 Å². The fraction of sp³-hybridized carbons (Fsp3) is 0.143. The van der Waals surface area contributed by atoms with Crippen molar-refractivity contribution in [2.75, 3.05) is 10.5 Å². The molecule has 0 atom stereocenters. The summed E-state index contributed by atoms with van der Waals surface area (Å²) in [5.41, 5.74) is 7.97. The number of aryl methyl sites for hydroxylation is 1. The summed E-state index contributed by atoms with van der Waals surface area (Å²) in [6.45, 7) is 3.48. The van der Waals surface area contributed by atoms with Crippen molar-refractivity contribution >= 4 is 33.0 Å². The van der Waals surface area contributed by atoms with Crippen molar-refractivity contribution in [1.82, 2.24) is 0 Å². The maximum absolute atomic E-state index is 12.5. The van der Waals surface area contributed by atoms with Crippen molar-refractivity contribution < 1.29 is 8.42 Å². The predicted molar refractivity (Wildman–Crippen MR) is 82.6 cm³/mol. The molecule has 2 rings (SSSR count). The number of benzene rings is 2. The summed E-state index contributed by atoms with van der Waals surface area (Å²) in [7, 11) is -3.73. The molecule has 0 radical (unpaired) electrons. The minimum Gasteiger partial charge on any atom is -0.398 e. The molecule has 4 nitrogen and oxygen atoms in total. The number of hydrogen-bond donors (Lipinski definition) is 2. The summed E-state index contributed by atoms with van der Waals surface area (Å²) < 4.78 is 27.5. The Labute approximate surface area is 123 Å². The van der Waals surface area contributed by atoms with E-state index in [9.17, 15) is 8.42 Å². The highest BCUT2D eigenvalue weighted by atomic mass is 35.5. The van der Waals surface area contributed by atoms with Gasteiger partial charge in [-0.15, -0.1) is 0 Å². The van der Waals surface area contributed by atoms with Gasteiger partial charge in [0.1, 0.15) is 0 Å². The molecule has 6 heteroatoms. The van der Waals surface area contributed by atoms with Crippen LogP contribution in [0.2, 0.25) is 5.02 Å². The lowest BCUT2D eigenvalue weighted by molar-refractivity contribution is 0.600. The molecule has 2 aromatic carbocycles. The Balaban J connectivity index is 2.49. The van der Waals surface area contributed by atoms with E-state index < -0.39 is 10.0 Å². The molecule has 3 N–H and O–H groups in total. The number of halogens is 1. The van der Waals surface area contributed by atoms with Crippen LogP contribution in [-0.2, 0) is 10.0 Å². The van der Waals surface area contributed by atoms with Crippen molar-refractivity contribution in [2.45, 2.75) is 18.7 Å². The number of rotatable bonds is 3. The summed E-state index contributed by atoms with van der Waals surface area (Å²) in [4.78, 5) is 0.0887. The number of anilines is 2. The van der Waals surface area contributed by atoms with Gasteiger partial charge in [0, 0.05) is 10.7 Å². The lowest BCUT2D eigenvalue weighted by atomic mass is 10.2. The van der Waals surface area contributed by atoms with E-state index in [0.717, 1.165) is 5.56 Å². The van der Waals surface area contributed by atoms with Crippen LogP contribution in [0.4, 0.5) is 11.4 Å². The number of nitrogens with one attached hydrogen (secondary N) is 1. The number of nitrogens with two attached hydrogens (primary N) is 1.